The summed E-state index contributed by atoms with van der Waals surface area (Å²) in [4.78, 5) is 11.2. The van der Waals surface area contributed by atoms with Crippen molar-refractivity contribution in [2.45, 2.75) is 6.42 Å². The van der Waals surface area contributed by atoms with Crippen molar-refractivity contribution in [3.8, 4) is 12.3 Å². The SMILES string of the molecule is C#CCNC(=O)C1CCSC1. The summed E-state index contributed by atoms with van der Waals surface area (Å²) in [6, 6.07) is 0. The van der Waals surface area contributed by atoms with E-state index in [1.165, 1.54) is 0 Å². The number of nitrogens with one attached hydrogen (secondary N) is 1. The molecule has 0 bridgehead atoms. The van der Waals surface area contributed by atoms with Gasteiger partial charge in [-0.25, -0.2) is 0 Å². The lowest BCUT2D eigenvalue weighted by atomic mass is 10.1. The maximum Gasteiger partial charge on any atom is 0.224 e. The quantitative estimate of drug-likeness (QED) is 0.609. The fourth-order valence-corrected chi connectivity index (χ4v) is 2.24. The first-order chi connectivity index (χ1) is 5.34. The van der Waals surface area contributed by atoms with Crippen LogP contribution in [-0.4, -0.2) is 24.0 Å². The maximum atomic E-state index is 11.2. The van der Waals surface area contributed by atoms with Crippen LogP contribution in [0.5, 0.6) is 0 Å². The van der Waals surface area contributed by atoms with Gasteiger partial charge in [-0.05, 0) is 12.2 Å². The molecule has 0 aromatic heterocycles. The minimum atomic E-state index is 0.118. The minimum absolute atomic E-state index is 0.118. The van der Waals surface area contributed by atoms with Gasteiger partial charge < -0.3 is 5.32 Å². The molecule has 3 heteroatoms. The van der Waals surface area contributed by atoms with Crippen LogP contribution in [0.2, 0.25) is 0 Å². The van der Waals surface area contributed by atoms with Gasteiger partial charge in [-0.2, -0.15) is 11.8 Å². The van der Waals surface area contributed by atoms with Gasteiger partial charge in [0.1, 0.15) is 0 Å². The van der Waals surface area contributed by atoms with Crippen LogP contribution in [0.4, 0.5) is 0 Å². The standard InChI is InChI=1S/C8H11NOS/c1-2-4-9-8(10)7-3-5-11-6-7/h1,7H,3-6H2,(H,9,10). The summed E-state index contributed by atoms with van der Waals surface area (Å²) in [5.74, 6) is 4.76. The Morgan fingerprint density at radius 1 is 1.82 bits per heavy atom. The van der Waals surface area contributed by atoms with Gasteiger partial charge in [-0.15, -0.1) is 6.42 Å². The first kappa shape index (κ1) is 8.48. The Morgan fingerprint density at radius 3 is 3.18 bits per heavy atom. The van der Waals surface area contributed by atoms with E-state index in [1.807, 2.05) is 11.8 Å². The highest BCUT2D eigenvalue weighted by atomic mass is 32.2. The Balaban J connectivity index is 2.24. The van der Waals surface area contributed by atoms with Gasteiger partial charge in [0.2, 0.25) is 5.91 Å². The molecule has 1 amide bonds. The van der Waals surface area contributed by atoms with Gasteiger partial charge in [0, 0.05) is 11.7 Å². The van der Waals surface area contributed by atoms with E-state index in [-0.39, 0.29) is 11.8 Å². The second-order valence-electron chi connectivity index (χ2n) is 2.48. The normalized spacial score (nSPS) is 22.6. The number of carbonyl (C=O) groups is 1. The van der Waals surface area contributed by atoms with Crippen LogP contribution in [0.25, 0.3) is 0 Å². The summed E-state index contributed by atoms with van der Waals surface area (Å²) < 4.78 is 0. The highest BCUT2D eigenvalue weighted by molar-refractivity contribution is 7.99. The number of rotatable bonds is 2. The van der Waals surface area contributed by atoms with Gasteiger partial charge in [-0.3, -0.25) is 4.79 Å². The van der Waals surface area contributed by atoms with E-state index >= 15 is 0 Å². The molecule has 0 saturated carbocycles. The zero-order valence-electron chi connectivity index (χ0n) is 6.30. The zero-order valence-corrected chi connectivity index (χ0v) is 7.12. The topological polar surface area (TPSA) is 29.1 Å². The van der Waals surface area contributed by atoms with Gasteiger partial charge in [0.15, 0.2) is 0 Å². The molecule has 1 rings (SSSR count). The van der Waals surface area contributed by atoms with Crippen LogP contribution in [0.1, 0.15) is 6.42 Å². The van der Waals surface area contributed by atoms with Gasteiger partial charge in [0.25, 0.3) is 0 Å². The summed E-state index contributed by atoms with van der Waals surface area (Å²) in [5.41, 5.74) is 0. The highest BCUT2D eigenvalue weighted by Gasteiger charge is 2.22. The van der Waals surface area contributed by atoms with Gasteiger partial charge >= 0.3 is 0 Å². The third kappa shape index (κ3) is 2.47. The Kier molecular flexibility index (Phi) is 3.31. The molecule has 0 spiro atoms. The van der Waals surface area contributed by atoms with Crippen molar-refractivity contribution in [2.75, 3.05) is 18.1 Å². The second-order valence-corrected chi connectivity index (χ2v) is 3.63. The largest absolute Gasteiger partial charge is 0.345 e. The molecule has 1 unspecified atom stereocenters. The third-order valence-corrected chi connectivity index (χ3v) is 2.83. The van der Waals surface area contributed by atoms with Crippen molar-refractivity contribution in [1.82, 2.24) is 5.32 Å². The van der Waals surface area contributed by atoms with Crippen molar-refractivity contribution in [3.63, 3.8) is 0 Å². The maximum absolute atomic E-state index is 11.2. The van der Waals surface area contributed by atoms with E-state index in [1.54, 1.807) is 0 Å². The number of thioether (sulfide) groups is 1. The zero-order chi connectivity index (χ0) is 8.10. The summed E-state index contributed by atoms with van der Waals surface area (Å²) in [6.45, 7) is 0.361. The second kappa shape index (κ2) is 4.30. The van der Waals surface area contributed by atoms with Crippen LogP contribution in [0, 0.1) is 18.3 Å². The van der Waals surface area contributed by atoms with Crippen LogP contribution in [0.15, 0.2) is 0 Å². The molecule has 2 nitrogen and oxygen atoms in total. The lowest BCUT2D eigenvalue weighted by molar-refractivity contribution is -0.123. The predicted molar refractivity (Wildman–Crippen MR) is 47.3 cm³/mol. The first-order valence-corrected chi connectivity index (χ1v) is 4.79. The molecule has 60 valence electrons. The van der Waals surface area contributed by atoms with Gasteiger partial charge in [-0.1, -0.05) is 5.92 Å². The average molecular weight is 169 g/mol. The first-order valence-electron chi connectivity index (χ1n) is 3.63. The van der Waals surface area contributed by atoms with Gasteiger partial charge in [0.05, 0.1) is 6.54 Å². The van der Waals surface area contributed by atoms with Crippen molar-refractivity contribution < 1.29 is 4.79 Å². The van der Waals surface area contributed by atoms with Crippen LogP contribution in [0.3, 0.4) is 0 Å². The molecular formula is C8H11NOS. The summed E-state index contributed by atoms with van der Waals surface area (Å²) in [6.07, 6.45) is 6.01. The van der Waals surface area contributed by atoms with E-state index in [0.717, 1.165) is 17.9 Å². The van der Waals surface area contributed by atoms with E-state index in [4.69, 9.17) is 6.42 Å². The molecule has 1 aliphatic heterocycles. The molecule has 0 aromatic rings. The average Bonchev–Trinajstić information content (AvgIpc) is 2.52. The fraction of sp³-hybridized carbons (Fsp3) is 0.625. The molecule has 1 atom stereocenters. The van der Waals surface area contributed by atoms with Crippen molar-refractivity contribution in [1.29, 1.82) is 0 Å². The summed E-state index contributed by atoms with van der Waals surface area (Å²) >= 11 is 1.83. The Bertz CT molecular complexity index is 179. The lowest BCUT2D eigenvalue weighted by Gasteiger charge is -2.06. The van der Waals surface area contributed by atoms with Crippen molar-refractivity contribution in [3.05, 3.63) is 0 Å². The van der Waals surface area contributed by atoms with Crippen LogP contribution >= 0.6 is 11.8 Å². The minimum Gasteiger partial charge on any atom is -0.345 e. The van der Waals surface area contributed by atoms with E-state index < -0.39 is 0 Å². The molecule has 1 saturated heterocycles. The smallest absolute Gasteiger partial charge is 0.224 e. The highest BCUT2D eigenvalue weighted by Crippen LogP contribution is 2.23. The van der Waals surface area contributed by atoms with Crippen LogP contribution < -0.4 is 5.32 Å². The Hall–Kier alpha value is -0.620. The molecular weight excluding hydrogens is 158 g/mol. The number of hydrogen-bond acceptors (Lipinski definition) is 2. The number of amides is 1. The van der Waals surface area contributed by atoms with Crippen LogP contribution in [-0.2, 0) is 4.79 Å². The van der Waals surface area contributed by atoms with E-state index in [0.29, 0.717) is 6.54 Å². The summed E-state index contributed by atoms with van der Waals surface area (Å²) in [7, 11) is 0. The van der Waals surface area contributed by atoms with Crippen molar-refractivity contribution in [2.24, 2.45) is 5.92 Å². The van der Waals surface area contributed by atoms with E-state index in [2.05, 4.69) is 11.2 Å². The Labute approximate surface area is 71.1 Å². The number of carbonyl (C=O) groups excluding carboxylic acids is 1. The van der Waals surface area contributed by atoms with E-state index in [9.17, 15) is 4.79 Å². The molecule has 1 heterocycles. The molecule has 0 aromatic carbocycles. The molecule has 0 aliphatic carbocycles. The monoisotopic (exact) mass is 169 g/mol. The molecule has 1 fully saturated rings. The molecule has 1 N–H and O–H groups in total. The lowest BCUT2D eigenvalue weighted by Crippen LogP contribution is -2.30. The number of hydrogen-bond donors (Lipinski definition) is 1. The molecule has 11 heavy (non-hydrogen) atoms. The summed E-state index contributed by atoms with van der Waals surface area (Å²) in [5, 5.41) is 2.69. The Morgan fingerprint density at radius 2 is 2.64 bits per heavy atom. The molecule has 0 radical (unpaired) electrons. The van der Waals surface area contributed by atoms with Crippen molar-refractivity contribution >= 4 is 17.7 Å². The fourth-order valence-electron chi connectivity index (χ4n) is 1.02. The number of terminal acetylenes is 1. The molecule has 1 aliphatic rings. The predicted octanol–water partition coefficient (Wildman–Crippen LogP) is 0.489. The third-order valence-electron chi connectivity index (χ3n) is 1.67.